The molecule has 2 rings (SSSR count). The molecular formula is C9H15NOS2. The van der Waals surface area contributed by atoms with Crippen LogP contribution in [0.15, 0.2) is 0 Å². The predicted molar refractivity (Wildman–Crippen MR) is 59.1 cm³/mol. The van der Waals surface area contributed by atoms with Gasteiger partial charge in [0.15, 0.2) is 0 Å². The fourth-order valence-electron chi connectivity index (χ4n) is 2.07. The Balaban J connectivity index is 1.95. The Kier molecular flexibility index (Phi) is 2.79. The van der Waals surface area contributed by atoms with E-state index in [1.54, 1.807) is 23.5 Å². The quantitative estimate of drug-likeness (QED) is 0.668. The van der Waals surface area contributed by atoms with Crippen molar-refractivity contribution in [2.75, 3.05) is 11.5 Å². The normalized spacial score (nSPS) is 34.8. The van der Waals surface area contributed by atoms with Crippen LogP contribution in [-0.4, -0.2) is 39.0 Å². The van der Waals surface area contributed by atoms with Crippen LogP contribution in [0.1, 0.15) is 20.3 Å². The van der Waals surface area contributed by atoms with Crippen LogP contribution in [0.25, 0.3) is 0 Å². The molecular weight excluding hydrogens is 202 g/mol. The van der Waals surface area contributed by atoms with E-state index in [0.717, 1.165) is 11.5 Å². The van der Waals surface area contributed by atoms with Gasteiger partial charge in [-0.15, -0.1) is 23.5 Å². The number of carbonyl (C=O) groups is 1. The third kappa shape index (κ3) is 1.71. The van der Waals surface area contributed by atoms with Gasteiger partial charge >= 0.3 is 0 Å². The maximum absolute atomic E-state index is 11.9. The fourth-order valence-corrected chi connectivity index (χ4v) is 4.76. The topological polar surface area (TPSA) is 20.3 Å². The summed E-state index contributed by atoms with van der Waals surface area (Å²) in [5.74, 6) is 2.63. The van der Waals surface area contributed by atoms with Gasteiger partial charge in [0.25, 0.3) is 0 Å². The van der Waals surface area contributed by atoms with Crippen LogP contribution in [0.3, 0.4) is 0 Å². The highest BCUT2D eigenvalue weighted by Crippen LogP contribution is 2.36. The van der Waals surface area contributed by atoms with Gasteiger partial charge in [-0.1, -0.05) is 0 Å². The molecule has 0 radical (unpaired) electrons. The van der Waals surface area contributed by atoms with Gasteiger partial charge in [0, 0.05) is 23.6 Å². The van der Waals surface area contributed by atoms with Crippen molar-refractivity contribution in [3.63, 3.8) is 0 Å². The van der Waals surface area contributed by atoms with Crippen molar-refractivity contribution >= 4 is 29.4 Å². The minimum absolute atomic E-state index is 0.199. The molecule has 2 heterocycles. The molecule has 2 aliphatic rings. The number of amides is 1. The molecule has 0 aromatic rings. The van der Waals surface area contributed by atoms with E-state index in [0.29, 0.717) is 18.0 Å². The van der Waals surface area contributed by atoms with Gasteiger partial charge in [-0.3, -0.25) is 4.79 Å². The van der Waals surface area contributed by atoms with Crippen molar-refractivity contribution < 1.29 is 4.79 Å². The number of rotatable bonds is 1. The first-order chi connectivity index (χ1) is 6.20. The highest BCUT2D eigenvalue weighted by Gasteiger charge is 2.39. The molecule has 0 spiro atoms. The van der Waals surface area contributed by atoms with Crippen molar-refractivity contribution in [1.82, 2.24) is 4.90 Å². The average Bonchev–Trinajstić information content (AvgIpc) is 2.55. The van der Waals surface area contributed by atoms with Gasteiger partial charge in [0.1, 0.15) is 4.58 Å². The standard InChI is InChI=1S/C9H15NOS2/c1-6-5-7(2)10(6)8(11)9-12-3-4-13-9/h6-7,9H,3-5H2,1-2H3. The summed E-state index contributed by atoms with van der Waals surface area (Å²) >= 11 is 3.61. The zero-order valence-corrected chi connectivity index (χ0v) is 9.66. The second-order valence-corrected chi connectivity index (χ2v) is 6.48. The Hall–Kier alpha value is 0.170. The van der Waals surface area contributed by atoms with Crippen LogP contribution in [0.5, 0.6) is 0 Å². The average molecular weight is 217 g/mol. The summed E-state index contributed by atoms with van der Waals surface area (Å²) in [6, 6.07) is 0.952. The van der Waals surface area contributed by atoms with E-state index in [2.05, 4.69) is 18.7 Å². The number of nitrogens with zero attached hydrogens (tertiary/aromatic N) is 1. The first-order valence-corrected chi connectivity index (χ1v) is 6.85. The Morgan fingerprint density at radius 2 is 1.77 bits per heavy atom. The summed E-state index contributed by atoms with van der Waals surface area (Å²) in [5, 5.41) is 0. The molecule has 0 aromatic carbocycles. The predicted octanol–water partition coefficient (Wildman–Crippen LogP) is 1.80. The lowest BCUT2D eigenvalue weighted by Gasteiger charge is -2.46. The molecule has 0 aromatic heterocycles. The van der Waals surface area contributed by atoms with Crippen LogP contribution >= 0.6 is 23.5 Å². The summed E-state index contributed by atoms with van der Waals surface area (Å²) in [6.07, 6.45) is 1.17. The number of carbonyl (C=O) groups excluding carboxylic acids is 1. The first-order valence-electron chi connectivity index (χ1n) is 4.75. The molecule has 0 aliphatic carbocycles. The molecule has 1 amide bonds. The summed E-state index contributed by atoms with van der Waals surface area (Å²) in [6.45, 7) is 4.28. The van der Waals surface area contributed by atoms with E-state index in [-0.39, 0.29) is 4.58 Å². The monoisotopic (exact) mass is 217 g/mol. The van der Waals surface area contributed by atoms with Crippen molar-refractivity contribution in [1.29, 1.82) is 0 Å². The maximum Gasteiger partial charge on any atom is 0.246 e. The first kappa shape index (κ1) is 9.71. The number of hydrogen-bond acceptors (Lipinski definition) is 3. The second kappa shape index (κ2) is 3.73. The molecule has 4 heteroatoms. The minimum Gasteiger partial charge on any atom is -0.335 e. The third-order valence-corrected chi connectivity index (χ3v) is 5.67. The number of likely N-dealkylation sites (tertiary alicyclic amines) is 1. The molecule has 2 fully saturated rings. The third-order valence-electron chi connectivity index (χ3n) is 2.71. The van der Waals surface area contributed by atoms with Gasteiger partial charge in [-0.2, -0.15) is 0 Å². The highest BCUT2D eigenvalue weighted by atomic mass is 32.2. The number of thioether (sulfide) groups is 2. The smallest absolute Gasteiger partial charge is 0.246 e. The van der Waals surface area contributed by atoms with E-state index < -0.39 is 0 Å². The molecule has 0 N–H and O–H groups in total. The molecule has 0 bridgehead atoms. The van der Waals surface area contributed by atoms with E-state index in [1.807, 2.05) is 0 Å². The fraction of sp³-hybridized carbons (Fsp3) is 0.889. The van der Waals surface area contributed by atoms with Gasteiger partial charge in [0.05, 0.1) is 0 Å². The second-order valence-electron chi connectivity index (χ2n) is 3.75. The van der Waals surface area contributed by atoms with Gasteiger partial charge in [0.2, 0.25) is 5.91 Å². The highest BCUT2D eigenvalue weighted by molar-refractivity contribution is 8.21. The molecule has 2 unspecified atom stereocenters. The van der Waals surface area contributed by atoms with Crippen molar-refractivity contribution in [2.45, 2.75) is 36.9 Å². The molecule has 2 saturated heterocycles. The van der Waals surface area contributed by atoms with E-state index >= 15 is 0 Å². The Bertz CT molecular complexity index is 208. The lowest BCUT2D eigenvalue weighted by atomic mass is 9.96. The maximum atomic E-state index is 11.9. The molecule has 2 nitrogen and oxygen atoms in total. The van der Waals surface area contributed by atoms with Crippen LogP contribution in [0.4, 0.5) is 0 Å². The van der Waals surface area contributed by atoms with Crippen LogP contribution in [0, 0.1) is 0 Å². The lowest BCUT2D eigenvalue weighted by molar-refractivity contribution is -0.140. The SMILES string of the molecule is CC1CC(C)N1C(=O)C1SCCS1. The van der Waals surface area contributed by atoms with Crippen LogP contribution < -0.4 is 0 Å². The molecule has 2 aliphatic heterocycles. The van der Waals surface area contributed by atoms with E-state index in [9.17, 15) is 4.79 Å². The molecule has 0 saturated carbocycles. The largest absolute Gasteiger partial charge is 0.335 e. The van der Waals surface area contributed by atoms with E-state index in [4.69, 9.17) is 0 Å². The van der Waals surface area contributed by atoms with Gasteiger partial charge < -0.3 is 4.90 Å². The zero-order valence-electron chi connectivity index (χ0n) is 8.03. The van der Waals surface area contributed by atoms with Crippen molar-refractivity contribution in [2.24, 2.45) is 0 Å². The minimum atomic E-state index is 0.199. The Morgan fingerprint density at radius 3 is 2.23 bits per heavy atom. The number of hydrogen-bond donors (Lipinski definition) is 0. The van der Waals surface area contributed by atoms with Crippen LogP contribution in [0.2, 0.25) is 0 Å². The molecule has 74 valence electrons. The Labute approximate surface area is 87.8 Å². The molecule has 2 atom stereocenters. The lowest BCUT2D eigenvalue weighted by Crippen LogP contribution is -2.57. The summed E-state index contributed by atoms with van der Waals surface area (Å²) < 4.78 is 0.199. The zero-order chi connectivity index (χ0) is 9.42. The Morgan fingerprint density at radius 1 is 1.23 bits per heavy atom. The summed E-state index contributed by atoms with van der Waals surface area (Å²) in [7, 11) is 0. The van der Waals surface area contributed by atoms with Crippen molar-refractivity contribution in [3.05, 3.63) is 0 Å². The van der Waals surface area contributed by atoms with Crippen molar-refractivity contribution in [3.8, 4) is 0 Å². The summed E-state index contributed by atoms with van der Waals surface area (Å²) in [5.41, 5.74) is 0. The molecule has 13 heavy (non-hydrogen) atoms. The van der Waals surface area contributed by atoms with Crippen LogP contribution in [-0.2, 0) is 4.79 Å². The van der Waals surface area contributed by atoms with Gasteiger partial charge in [-0.05, 0) is 20.3 Å². The summed E-state index contributed by atoms with van der Waals surface area (Å²) in [4.78, 5) is 14.0. The van der Waals surface area contributed by atoms with E-state index in [1.165, 1.54) is 6.42 Å². The van der Waals surface area contributed by atoms with Gasteiger partial charge in [-0.25, -0.2) is 0 Å².